The molecule has 2 aliphatic heterocycles. The Labute approximate surface area is 424 Å². The van der Waals surface area contributed by atoms with E-state index in [4.69, 9.17) is 33.7 Å². The number of aromatic nitrogens is 1. The molecule has 1 aromatic heterocycles. The summed E-state index contributed by atoms with van der Waals surface area (Å²) in [6.45, 7) is 6.49. The molecule has 6 atom stereocenters. The number of allylic oxidation sites excluding steroid dienone is 1. The Balaban J connectivity index is 1.24. The number of aliphatic hydroxyl groups is 2. The molecule has 0 spiro atoms. The predicted octanol–water partition coefficient (Wildman–Crippen LogP) is 9.65. The van der Waals surface area contributed by atoms with E-state index < -0.39 is 22.7 Å². The van der Waals surface area contributed by atoms with Gasteiger partial charge in [-0.25, -0.2) is 0 Å². The third kappa shape index (κ3) is 10.9. The molecular formula is C57H59N5O11. The Bertz CT molecular complexity index is 2900. The lowest BCUT2D eigenvalue weighted by Gasteiger charge is -2.60. The van der Waals surface area contributed by atoms with Gasteiger partial charge in [0.15, 0.2) is 11.5 Å². The molecular weight excluding hydrogens is 931 g/mol. The maximum absolute atomic E-state index is 15.6. The molecule has 2 aliphatic carbocycles. The Morgan fingerprint density at radius 1 is 0.945 bits per heavy atom. The van der Waals surface area contributed by atoms with Crippen molar-refractivity contribution in [2.45, 2.75) is 89.4 Å². The van der Waals surface area contributed by atoms with Crippen molar-refractivity contribution < 1.29 is 48.5 Å². The molecule has 0 saturated heterocycles. The quantitative estimate of drug-likeness (QED) is 0.0287. The highest BCUT2D eigenvalue weighted by Gasteiger charge is 2.65. The van der Waals surface area contributed by atoms with Gasteiger partial charge in [-0.05, 0) is 140 Å². The Hall–Kier alpha value is -7.58. The number of aryl methyl sites for hydroxylation is 1. The van der Waals surface area contributed by atoms with Crippen LogP contribution in [0.4, 0.5) is 5.69 Å². The highest BCUT2D eigenvalue weighted by atomic mass is 16.7. The van der Waals surface area contributed by atoms with Crippen molar-refractivity contribution >= 4 is 17.3 Å². The minimum atomic E-state index is -1.59. The fraction of sp³-hybridized carbons (Fsp3) is 0.368. The number of aliphatic hydroxyl groups excluding tert-OH is 2. The van der Waals surface area contributed by atoms with Gasteiger partial charge in [-0.3, -0.25) is 19.9 Å². The monoisotopic (exact) mass is 989 g/mol. The molecule has 0 bridgehead atoms. The second-order valence-corrected chi connectivity index (χ2v) is 18.8. The first-order chi connectivity index (χ1) is 35.6. The Morgan fingerprint density at radius 2 is 1.70 bits per heavy atom. The number of nitriles is 1. The van der Waals surface area contributed by atoms with Gasteiger partial charge in [-0.2, -0.15) is 5.26 Å². The van der Waals surface area contributed by atoms with Gasteiger partial charge in [0.05, 0.1) is 40.5 Å². The number of pyridine rings is 1. The molecule has 3 heterocycles. The topological polar surface area (TPSA) is 208 Å². The Kier molecular flexibility index (Phi) is 15.8. The number of nitrogens with zero attached hydrogens (tertiary/aromatic N) is 5. The second kappa shape index (κ2) is 22.9. The van der Waals surface area contributed by atoms with Crippen LogP contribution in [0.2, 0.25) is 0 Å². The number of carbonyl (C=O) groups excluding carboxylic acids is 1. The van der Waals surface area contributed by atoms with Crippen LogP contribution < -0.4 is 18.9 Å². The number of oxime groups is 1. The van der Waals surface area contributed by atoms with Gasteiger partial charge in [-0.1, -0.05) is 42.3 Å². The summed E-state index contributed by atoms with van der Waals surface area (Å²) in [5.74, 6) is -0.711. The summed E-state index contributed by atoms with van der Waals surface area (Å²) in [7, 11) is 0. The molecule has 0 radical (unpaired) electrons. The molecule has 16 heteroatoms. The van der Waals surface area contributed by atoms with Gasteiger partial charge in [0.1, 0.15) is 30.8 Å². The van der Waals surface area contributed by atoms with Crippen molar-refractivity contribution in [3.8, 4) is 29.1 Å². The molecule has 0 unspecified atom stereocenters. The number of non-ortho nitro benzene ring substituents is 1. The maximum Gasteiger partial charge on any atom is 0.269 e. The van der Waals surface area contributed by atoms with Crippen LogP contribution >= 0.6 is 0 Å². The van der Waals surface area contributed by atoms with Crippen molar-refractivity contribution in [1.82, 2.24) is 9.88 Å². The predicted molar refractivity (Wildman–Crippen MR) is 270 cm³/mol. The SMILES string of the molecule is C=CCO[C@@]12Oc3ccc(OCc4cccc(C)n4)cc3[C@H]3[C@H](CCCCO)[C@@H](CCCCO)C=C(C(=NOCc4ccc([N+](=O)[O-])cc4)C[C@@H]1N(Cc1ccc4c(c1)OCO4)C(=O)c1ccc(C#N)cc1)[C@H]32. The lowest BCUT2D eigenvalue weighted by atomic mass is 9.55. The van der Waals surface area contributed by atoms with Gasteiger partial charge in [-0.15, -0.1) is 6.58 Å². The first kappa shape index (κ1) is 50.4. The van der Waals surface area contributed by atoms with E-state index >= 15 is 4.79 Å². The van der Waals surface area contributed by atoms with Gasteiger partial charge < -0.3 is 43.6 Å². The summed E-state index contributed by atoms with van der Waals surface area (Å²) in [6, 6.07) is 31.1. The van der Waals surface area contributed by atoms with Crippen LogP contribution in [0.15, 0.2) is 133 Å². The van der Waals surface area contributed by atoms with Gasteiger partial charge in [0.2, 0.25) is 12.6 Å². The summed E-state index contributed by atoms with van der Waals surface area (Å²) < 4.78 is 32.7. The number of carbonyl (C=O) groups is 1. The fourth-order valence-corrected chi connectivity index (χ4v) is 10.9. The van der Waals surface area contributed by atoms with Crippen LogP contribution in [0.3, 0.4) is 0 Å². The summed E-state index contributed by atoms with van der Waals surface area (Å²) in [4.78, 5) is 39.3. The van der Waals surface area contributed by atoms with E-state index in [1.54, 1.807) is 47.4 Å². The number of benzene rings is 4. The van der Waals surface area contributed by atoms with Crippen LogP contribution in [0.25, 0.3) is 0 Å². The second-order valence-electron chi connectivity index (χ2n) is 18.8. The third-order valence-electron chi connectivity index (χ3n) is 14.2. The molecule has 1 amide bonds. The molecule has 378 valence electrons. The maximum atomic E-state index is 15.6. The number of hydrogen-bond donors (Lipinski definition) is 2. The van der Waals surface area contributed by atoms with Crippen LogP contribution in [-0.4, -0.2) is 75.1 Å². The van der Waals surface area contributed by atoms with Gasteiger partial charge in [0, 0.05) is 61.1 Å². The number of nitro benzene ring substituents is 1. The highest BCUT2D eigenvalue weighted by molar-refractivity contribution is 6.03. The van der Waals surface area contributed by atoms with E-state index in [1.807, 2.05) is 61.5 Å². The fourth-order valence-electron chi connectivity index (χ4n) is 10.9. The summed E-state index contributed by atoms with van der Waals surface area (Å²) in [6.07, 6.45) is 8.18. The molecule has 2 N–H and O–H groups in total. The Morgan fingerprint density at radius 3 is 2.44 bits per heavy atom. The summed E-state index contributed by atoms with van der Waals surface area (Å²) >= 11 is 0. The summed E-state index contributed by atoms with van der Waals surface area (Å²) in [5, 5.41) is 46.3. The average molecular weight is 990 g/mol. The number of hydrogen-bond acceptors (Lipinski definition) is 14. The highest BCUT2D eigenvalue weighted by Crippen LogP contribution is 2.62. The number of amides is 1. The molecule has 73 heavy (non-hydrogen) atoms. The zero-order valence-corrected chi connectivity index (χ0v) is 40.8. The van der Waals surface area contributed by atoms with Gasteiger partial charge >= 0.3 is 0 Å². The standard InChI is InChI=1S/C57H59N5O11/c1-3-27-71-57-53(61(56(65)41-18-13-38(32-58)14-19-41)33-40-17-23-51-52(28-40)70-36-69-51)31-49(60-72-34-39-15-20-44(21-16-39)62(66)67)47-29-42(10-4-6-25-63)46(12-5-7-26-64)54(55(47)57)48-30-45(22-24-50(48)73-57)68-35-43-11-8-9-37(2)59-43/h3,8-9,11,13-24,28-30,42,46,53-55,63-64H,1,4-7,10,12,25-27,31,33-36H2,2H3/t42-,46+,53-,54+,55+,57+/m0/s1. The van der Waals surface area contributed by atoms with Crippen LogP contribution in [-0.2, 0) is 29.3 Å². The number of rotatable bonds is 22. The van der Waals surface area contributed by atoms with E-state index in [0.29, 0.717) is 58.2 Å². The first-order valence-electron chi connectivity index (χ1n) is 24.8. The minimum absolute atomic E-state index is 0.00370. The molecule has 4 aliphatic rings. The van der Waals surface area contributed by atoms with Crippen LogP contribution in [0.5, 0.6) is 23.0 Å². The van der Waals surface area contributed by atoms with E-state index in [9.17, 15) is 25.6 Å². The number of unbranched alkanes of at least 4 members (excludes halogenated alkanes) is 2. The number of ether oxygens (including phenoxy) is 5. The van der Waals surface area contributed by atoms with Crippen molar-refractivity contribution in [2.24, 2.45) is 22.9 Å². The number of fused-ring (bicyclic) bond motifs is 3. The van der Waals surface area contributed by atoms with Crippen molar-refractivity contribution in [2.75, 3.05) is 26.6 Å². The van der Waals surface area contributed by atoms with Crippen molar-refractivity contribution in [3.63, 3.8) is 0 Å². The minimum Gasteiger partial charge on any atom is -0.487 e. The molecule has 16 nitrogen and oxygen atoms in total. The average Bonchev–Trinajstić information content (AvgIpc) is 3.89. The zero-order valence-electron chi connectivity index (χ0n) is 40.8. The zero-order chi connectivity index (χ0) is 50.9. The largest absolute Gasteiger partial charge is 0.487 e. The first-order valence-corrected chi connectivity index (χ1v) is 24.8. The smallest absolute Gasteiger partial charge is 0.269 e. The number of nitro groups is 1. The van der Waals surface area contributed by atoms with E-state index in [2.05, 4.69) is 23.7 Å². The van der Waals surface area contributed by atoms with Gasteiger partial charge in [0.25, 0.3) is 11.6 Å². The molecule has 9 rings (SSSR count). The van der Waals surface area contributed by atoms with Crippen molar-refractivity contribution in [1.29, 1.82) is 5.26 Å². The third-order valence-corrected chi connectivity index (χ3v) is 14.2. The van der Waals surface area contributed by atoms with Crippen LogP contribution in [0, 0.1) is 46.1 Å². The summed E-state index contributed by atoms with van der Waals surface area (Å²) in [5.41, 5.74) is 6.02. The molecule has 1 fully saturated rings. The lowest BCUT2D eigenvalue weighted by Crippen LogP contribution is -2.70. The van der Waals surface area contributed by atoms with Crippen LogP contribution in [0.1, 0.15) is 94.9 Å². The van der Waals surface area contributed by atoms with Crippen molar-refractivity contribution in [3.05, 3.63) is 177 Å². The van der Waals surface area contributed by atoms with E-state index in [-0.39, 0.29) is 82.1 Å². The molecule has 5 aromatic rings. The van der Waals surface area contributed by atoms with E-state index in [1.165, 1.54) is 12.1 Å². The van der Waals surface area contributed by atoms with E-state index in [0.717, 1.165) is 53.8 Å². The molecule has 1 saturated carbocycles. The lowest BCUT2D eigenvalue weighted by molar-refractivity contribution is -0.384. The molecule has 4 aromatic carbocycles. The normalized spacial score (nSPS) is 21.7.